The molecule has 0 saturated carbocycles. The monoisotopic (exact) mass is 476 g/mol. The Balaban J connectivity index is 1.61. The molecule has 4 rings (SSSR count). The number of hydrogen-bond acceptors (Lipinski definition) is 6. The summed E-state index contributed by atoms with van der Waals surface area (Å²) < 4.78 is 16.5. The molecule has 0 aliphatic rings. The van der Waals surface area contributed by atoms with E-state index in [4.69, 9.17) is 0 Å². The fourth-order valence-corrected chi connectivity index (χ4v) is 3.80. The fraction of sp³-hybridized carbons (Fsp3) is 0.200. The van der Waals surface area contributed by atoms with E-state index in [-0.39, 0.29) is 17.2 Å². The molecule has 0 aliphatic heterocycles. The lowest BCUT2D eigenvalue weighted by atomic mass is 10.0. The molecule has 9 nitrogen and oxygen atoms in total. The van der Waals surface area contributed by atoms with E-state index in [2.05, 4.69) is 25.9 Å². The van der Waals surface area contributed by atoms with Crippen LogP contribution in [0, 0.1) is 12.7 Å². The lowest BCUT2D eigenvalue weighted by Gasteiger charge is -2.13. The first kappa shape index (κ1) is 23.7. The molecule has 2 heterocycles. The van der Waals surface area contributed by atoms with Gasteiger partial charge in [-0.15, -0.1) is 0 Å². The minimum Gasteiger partial charge on any atom is -0.508 e. The summed E-state index contributed by atoms with van der Waals surface area (Å²) in [6, 6.07) is 8.35. The number of phenols is 1. The molecular formula is C25H25FN6O3. The number of aryl methyl sites for hydroxylation is 1. The van der Waals surface area contributed by atoms with Gasteiger partial charge in [-0.25, -0.2) is 14.4 Å². The van der Waals surface area contributed by atoms with Crippen LogP contribution in [0.1, 0.15) is 28.4 Å². The van der Waals surface area contributed by atoms with Crippen LogP contribution in [0.5, 0.6) is 5.75 Å². The first-order valence-corrected chi connectivity index (χ1v) is 11.1. The van der Waals surface area contributed by atoms with Crippen LogP contribution in [-0.4, -0.2) is 44.9 Å². The van der Waals surface area contributed by atoms with Crippen LogP contribution in [0.4, 0.5) is 15.9 Å². The zero-order valence-corrected chi connectivity index (χ0v) is 19.3. The summed E-state index contributed by atoms with van der Waals surface area (Å²) in [7, 11) is 0. The third kappa shape index (κ3) is 4.77. The smallest absolute Gasteiger partial charge is 0.251 e. The van der Waals surface area contributed by atoms with Crippen LogP contribution < -0.4 is 16.0 Å². The predicted molar refractivity (Wildman–Crippen MR) is 130 cm³/mol. The van der Waals surface area contributed by atoms with Crippen LogP contribution in [0.15, 0.2) is 48.9 Å². The summed E-state index contributed by atoms with van der Waals surface area (Å²) in [4.78, 5) is 31.7. The molecule has 0 unspecified atom stereocenters. The Kier molecular flexibility index (Phi) is 6.91. The molecule has 2 aromatic heterocycles. The second-order valence-electron chi connectivity index (χ2n) is 7.86. The largest absolute Gasteiger partial charge is 0.508 e. The molecule has 2 amide bonds. The summed E-state index contributed by atoms with van der Waals surface area (Å²) in [6.07, 6.45) is 6.05. The van der Waals surface area contributed by atoms with Crippen molar-refractivity contribution in [2.24, 2.45) is 0 Å². The van der Waals surface area contributed by atoms with Crippen molar-refractivity contribution in [1.29, 1.82) is 0 Å². The second-order valence-corrected chi connectivity index (χ2v) is 7.86. The van der Waals surface area contributed by atoms with Gasteiger partial charge in [-0.05, 0) is 49.2 Å². The number of amides is 2. The van der Waals surface area contributed by atoms with Crippen molar-refractivity contribution < 1.29 is 19.1 Å². The van der Waals surface area contributed by atoms with Gasteiger partial charge in [-0.3, -0.25) is 14.0 Å². The summed E-state index contributed by atoms with van der Waals surface area (Å²) in [6.45, 7) is 4.16. The van der Waals surface area contributed by atoms with Crippen molar-refractivity contribution in [3.05, 3.63) is 71.4 Å². The highest BCUT2D eigenvalue weighted by molar-refractivity contribution is 5.96. The summed E-state index contributed by atoms with van der Waals surface area (Å²) in [5.41, 5.74) is 3.62. The molecule has 0 aliphatic carbocycles. The number of aromatic hydroxyl groups is 1. The SMILES string of the molecule is CCc1cc(Nc2nccn3c(-c4ccc(O)c(C)c4F)cnc23)ccc1C(=O)NCCNC=O. The van der Waals surface area contributed by atoms with Crippen molar-refractivity contribution in [3.63, 3.8) is 0 Å². The number of carbonyl (C=O) groups is 2. The van der Waals surface area contributed by atoms with Crippen molar-refractivity contribution in [3.8, 4) is 17.0 Å². The highest BCUT2D eigenvalue weighted by atomic mass is 19.1. The van der Waals surface area contributed by atoms with E-state index in [1.165, 1.54) is 19.1 Å². The number of rotatable bonds is 9. The molecule has 180 valence electrons. The zero-order chi connectivity index (χ0) is 24.9. The van der Waals surface area contributed by atoms with Gasteiger partial charge in [0.15, 0.2) is 11.5 Å². The number of phenolic OH excluding ortho intramolecular Hbond substituents is 1. The molecule has 35 heavy (non-hydrogen) atoms. The molecule has 0 radical (unpaired) electrons. The number of anilines is 2. The maximum Gasteiger partial charge on any atom is 0.251 e. The molecule has 0 bridgehead atoms. The molecule has 0 spiro atoms. The third-order valence-corrected chi connectivity index (χ3v) is 5.69. The first-order chi connectivity index (χ1) is 16.9. The van der Waals surface area contributed by atoms with Gasteiger partial charge >= 0.3 is 0 Å². The number of halogens is 1. The number of benzene rings is 2. The highest BCUT2D eigenvalue weighted by Crippen LogP contribution is 2.31. The van der Waals surface area contributed by atoms with Crippen LogP contribution >= 0.6 is 0 Å². The molecule has 0 saturated heterocycles. The van der Waals surface area contributed by atoms with E-state index < -0.39 is 5.82 Å². The minimum atomic E-state index is -0.512. The lowest BCUT2D eigenvalue weighted by molar-refractivity contribution is -0.109. The van der Waals surface area contributed by atoms with Gasteiger partial charge in [0.1, 0.15) is 11.6 Å². The quantitative estimate of drug-likeness (QED) is 0.217. The van der Waals surface area contributed by atoms with E-state index in [0.717, 1.165) is 11.3 Å². The normalized spacial score (nSPS) is 10.8. The molecule has 4 aromatic rings. The molecule has 10 heteroatoms. The van der Waals surface area contributed by atoms with Gasteiger partial charge in [0.05, 0.1) is 11.9 Å². The lowest BCUT2D eigenvalue weighted by Crippen LogP contribution is -2.31. The molecule has 0 atom stereocenters. The highest BCUT2D eigenvalue weighted by Gasteiger charge is 2.17. The average Bonchev–Trinajstić information content (AvgIpc) is 3.30. The fourth-order valence-electron chi connectivity index (χ4n) is 3.80. The number of aromatic nitrogens is 3. The van der Waals surface area contributed by atoms with E-state index in [1.54, 1.807) is 35.1 Å². The van der Waals surface area contributed by atoms with Gasteiger partial charge in [-0.1, -0.05) is 6.92 Å². The van der Waals surface area contributed by atoms with Crippen molar-refractivity contribution >= 4 is 29.5 Å². The summed E-state index contributed by atoms with van der Waals surface area (Å²) in [5.74, 6) is -0.369. The Morgan fingerprint density at radius 3 is 2.80 bits per heavy atom. The van der Waals surface area contributed by atoms with E-state index >= 15 is 0 Å². The van der Waals surface area contributed by atoms with Gasteiger partial charge in [0.2, 0.25) is 6.41 Å². The number of fused-ring (bicyclic) bond motifs is 1. The third-order valence-electron chi connectivity index (χ3n) is 5.69. The average molecular weight is 477 g/mol. The Hall–Kier alpha value is -4.47. The summed E-state index contributed by atoms with van der Waals surface area (Å²) >= 11 is 0. The van der Waals surface area contributed by atoms with E-state index in [0.29, 0.717) is 54.2 Å². The Morgan fingerprint density at radius 1 is 1.20 bits per heavy atom. The standard InChI is InChI=1S/C25H25FN6O3/c1-3-16-12-17(4-5-18(16)25(35)29-9-8-27-14-33)31-23-24-30-13-20(32(24)11-10-28-23)19-6-7-21(34)15(2)22(19)26/h4-7,10-14,34H,3,8-9H2,1-2H3,(H,27,33)(H,28,31)(H,29,35). The van der Waals surface area contributed by atoms with Crippen molar-refractivity contribution in [2.45, 2.75) is 20.3 Å². The van der Waals surface area contributed by atoms with Crippen molar-refractivity contribution in [1.82, 2.24) is 25.0 Å². The van der Waals surface area contributed by atoms with E-state index in [1.807, 2.05) is 13.0 Å². The topological polar surface area (TPSA) is 121 Å². The van der Waals surface area contributed by atoms with Crippen molar-refractivity contribution in [2.75, 3.05) is 18.4 Å². The minimum absolute atomic E-state index is 0.106. The Morgan fingerprint density at radius 2 is 2.03 bits per heavy atom. The van der Waals surface area contributed by atoms with Gasteiger partial charge in [0.25, 0.3) is 5.91 Å². The van der Waals surface area contributed by atoms with Gasteiger partial charge < -0.3 is 21.1 Å². The Labute approximate surface area is 201 Å². The molecule has 4 N–H and O–H groups in total. The number of nitrogens with zero attached hydrogens (tertiary/aromatic N) is 3. The van der Waals surface area contributed by atoms with E-state index in [9.17, 15) is 19.1 Å². The number of hydrogen-bond donors (Lipinski definition) is 4. The number of imidazole rings is 1. The van der Waals surface area contributed by atoms with Crippen LogP contribution in [0.25, 0.3) is 16.9 Å². The molecule has 0 fully saturated rings. The zero-order valence-electron chi connectivity index (χ0n) is 19.3. The van der Waals surface area contributed by atoms with Gasteiger partial charge in [0, 0.05) is 47.9 Å². The maximum absolute atomic E-state index is 14.8. The Bertz CT molecular complexity index is 1400. The van der Waals surface area contributed by atoms with Gasteiger partial charge in [-0.2, -0.15) is 0 Å². The first-order valence-electron chi connectivity index (χ1n) is 11.1. The molecule has 2 aromatic carbocycles. The maximum atomic E-state index is 14.8. The van der Waals surface area contributed by atoms with Crippen LogP contribution in [-0.2, 0) is 11.2 Å². The summed E-state index contributed by atoms with van der Waals surface area (Å²) in [5, 5.41) is 18.3. The molecular weight excluding hydrogens is 451 g/mol. The predicted octanol–water partition coefficient (Wildman–Crippen LogP) is 3.33. The number of nitrogens with one attached hydrogen (secondary N) is 3. The second kappa shape index (κ2) is 10.2. The van der Waals surface area contributed by atoms with Crippen LogP contribution in [0.3, 0.4) is 0 Å². The number of carbonyl (C=O) groups excluding carboxylic acids is 2. The van der Waals surface area contributed by atoms with Crippen LogP contribution in [0.2, 0.25) is 0 Å².